The van der Waals surface area contributed by atoms with Crippen LogP contribution in [0.3, 0.4) is 0 Å². The third-order valence-electron chi connectivity index (χ3n) is 3.17. The third kappa shape index (κ3) is 3.77. The molecule has 0 aliphatic rings. The standard InChI is InChI=1S/C14H15N3O6S/c1-3-10(24-12-14(22)23-16-17(12)2)11(19)15-7-4-5-9(18)8(6-7)13(20)21/h4-6,10,16H,3H2,1-2H3,(H2,20,21,22)/p+1. The van der Waals surface area contributed by atoms with Crippen molar-refractivity contribution >= 4 is 29.3 Å². The van der Waals surface area contributed by atoms with Crippen LogP contribution in [0, 0.1) is 0 Å². The summed E-state index contributed by atoms with van der Waals surface area (Å²) in [5, 5.41) is 23.1. The summed E-state index contributed by atoms with van der Waals surface area (Å²) in [5.41, 5.74) is -0.655. The van der Waals surface area contributed by atoms with Crippen LogP contribution in [-0.4, -0.2) is 32.6 Å². The number of thioether (sulfide) groups is 1. The Kier molecular flexibility index (Phi) is 5.29. The molecule has 0 saturated heterocycles. The van der Waals surface area contributed by atoms with E-state index >= 15 is 0 Å². The normalized spacial score (nSPS) is 11.9. The molecule has 1 amide bonds. The van der Waals surface area contributed by atoms with Gasteiger partial charge in [0.15, 0.2) is 7.05 Å². The van der Waals surface area contributed by atoms with Gasteiger partial charge < -0.3 is 15.5 Å². The molecule has 10 heteroatoms. The summed E-state index contributed by atoms with van der Waals surface area (Å²) >= 11 is 1.04. The van der Waals surface area contributed by atoms with E-state index in [-0.39, 0.29) is 22.0 Å². The molecule has 128 valence electrons. The summed E-state index contributed by atoms with van der Waals surface area (Å²) in [7, 11) is 1.58. The average Bonchev–Trinajstić information content (AvgIpc) is 2.85. The number of hydrogen-bond donors (Lipinski definition) is 4. The van der Waals surface area contributed by atoms with Crippen molar-refractivity contribution in [2.45, 2.75) is 23.6 Å². The van der Waals surface area contributed by atoms with Gasteiger partial charge in [-0.05, 0) is 41.7 Å². The van der Waals surface area contributed by atoms with Gasteiger partial charge in [0, 0.05) is 5.69 Å². The Balaban J connectivity index is 2.17. The maximum atomic E-state index is 12.4. The van der Waals surface area contributed by atoms with Crippen molar-refractivity contribution in [3.63, 3.8) is 0 Å². The van der Waals surface area contributed by atoms with Gasteiger partial charge in [0.05, 0.1) is 5.25 Å². The maximum absolute atomic E-state index is 12.4. The van der Waals surface area contributed by atoms with E-state index in [9.17, 15) is 19.5 Å². The summed E-state index contributed by atoms with van der Waals surface area (Å²) < 4.78 is 6.00. The number of carboxylic acid groups (broad SMARTS) is 1. The van der Waals surface area contributed by atoms with E-state index in [0.29, 0.717) is 6.42 Å². The first-order valence-corrected chi connectivity index (χ1v) is 7.82. The molecule has 24 heavy (non-hydrogen) atoms. The first-order chi connectivity index (χ1) is 11.3. The molecule has 2 aromatic rings. The number of phenols is 1. The van der Waals surface area contributed by atoms with Gasteiger partial charge in [-0.3, -0.25) is 9.32 Å². The van der Waals surface area contributed by atoms with Crippen molar-refractivity contribution in [1.82, 2.24) is 5.27 Å². The Hall–Kier alpha value is -2.75. The molecule has 0 spiro atoms. The van der Waals surface area contributed by atoms with Crippen molar-refractivity contribution in [3.8, 4) is 5.75 Å². The van der Waals surface area contributed by atoms with Crippen molar-refractivity contribution < 1.29 is 29.0 Å². The van der Waals surface area contributed by atoms with E-state index in [4.69, 9.17) is 5.11 Å². The predicted octanol–water partition coefficient (Wildman–Crippen LogP) is 0.706. The number of nitrogens with zero attached hydrogens (tertiary/aromatic N) is 1. The molecule has 1 unspecified atom stereocenters. The molecule has 0 saturated carbocycles. The Morgan fingerprint density at radius 2 is 2.17 bits per heavy atom. The molecular formula is C14H16N3O6S+. The second-order valence-corrected chi connectivity index (χ2v) is 6.08. The monoisotopic (exact) mass is 354 g/mol. The zero-order chi connectivity index (χ0) is 17.9. The first-order valence-electron chi connectivity index (χ1n) is 6.94. The van der Waals surface area contributed by atoms with Gasteiger partial charge >= 0.3 is 16.6 Å². The van der Waals surface area contributed by atoms with Crippen LogP contribution in [0.5, 0.6) is 5.75 Å². The molecule has 1 aromatic carbocycles. The van der Waals surface area contributed by atoms with Crippen LogP contribution < -0.4 is 15.6 Å². The molecule has 1 atom stereocenters. The number of aromatic carboxylic acids is 1. The Bertz CT molecular complexity index is 828. The second kappa shape index (κ2) is 7.21. The fourth-order valence-electron chi connectivity index (χ4n) is 1.92. The van der Waals surface area contributed by atoms with Crippen molar-refractivity contribution in [2.75, 3.05) is 5.32 Å². The highest BCUT2D eigenvalue weighted by molar-refractivity contribution is 8.00. The van der Waals surface area contributed by atoms with Crippen LogP contribution in [0.25, 0.3) is 0 Å². The lowest BCUT2D eigenvalue weighted by molar-refractivity contribution is -0.772. The van der Waals surface area contributed by atoms with Crippen molar-refractivity contribution in [3.05, 3.63) is 34.2 Å². The first kappa shape index (κ1) is 17.6. The lowest BCUT2D eigenvalue weighted by atomic mass is 10.1. The molecule has 0 radical (unpaired) electrons. The largest absolute Gasteiger partial charge is 0.507 e. The minimum Gasteiger partial charge on any atom is -0.507 e. The Morgan fingerprint density at radius 3 is 2.71 bits per heavy atom. The van der Waals surface area contributed by atoms with E-state index in [2.05, 4.69) is 15.1 Å². The number of aromatic amines is 1. The number of hydrogen-bond acceptors (Lipinski definition) is 6. The smallest absolute Gasteiger partial charge is 0.441 e. The minimum absolute atomic E-state index is 0.236. The SMILES string of the molecule is CCC(Sc1c(=O)o[nH][n+]1C)C(=O)Nc1ccc(O)c(C(=O)O)c1. The molecule has 4 N–H and O–H groups in total. The van der Waals surface area contributed by atoms with Crippen molar-refractivity contribution in [1.29, 1.82) is 0 Å². The molecule has 0 aliphatic carbocycles. The van der Waals surface area contributed by atoms with Crippen LogP contribution in [-0.2, 0) is 11.8 Å². The number of amides is 1. The summed E-state index contributed by atoms with van der Waals surface area (Å²) in [6.07, 6.45) is 0.436. The number of carbonyl (C=O) groups is 2. The second-order valence-electron chi connectivity index (χ2n) is 4.89. The number of anilines is 1. The van der Waals surface area contributed by atoms with Gasteiger partial charge in [0.25, 0.3) is 0 Å². The van der Waals surface area contributed by atoms with Crippen LogP contribution >= 0.6 is 11.8 Å². The molecule has 0 bridgehead atoms. The highest BCUT2D eigenvalue weighted by Gasteiger charge is 2.27. The fraction of sp³-hybridized carbons (Fsp3) is 0.286. The minimum atomic E-state index is -1.30. The number of aromatic hydroxyl groups is 1. The number of benzene rings is 1. The van der Waals surface area contributed by atoms with Gasteiger partial charge in [0.1, 0.15) is 11.3 Å². The van der Waals surface area contributed by atoms with Gasteiger partial charge in [-0.25, -0.2) is 9.59 Å². The van der Waals surface area contributed by atoms with E-state index in [1.54, 1.807) is 14.0 Å². The fourth-order valence-corrected chi connectivity index (χ4v) is 2.86. The van der Waals surface area contributed by atoms with E-state index < -0.39 is 22.8 Å². The molecule has 0 fully saturated rings. The van der Waals surface area contributed by atoms with Gasteiger partial charge in [-0.1, -0.05) is 11.6 Å². The number of rotatable bonds is 6. The molecule has 1 heterocycles. The number of carbonyl (C=O) groups excluding carboxylic acids is 1. The molecule has 9 nitrogen and oxygen atoms in total. The van der Waals surface area contributed by atoms with E-state index in [1.807, 2.05) is 0 Å². The predicted molar refractivity (Wildman–Crippen MR) is 84.1 cm³/mol. The maximum Gasteiger partial charge on any atom is 0.441 e. The number of H-pyrrole nitrogens is 1. The number of carboxylic acids is 1. The average molecular weight is 354 g/mol. The van der Waals surface area contributed by atoms with Crippen LogP contribution in [0.2, 0.25) is 0 Å². The lowest BCUT2D eigenvalue weighted by Gasteiger charge is -2.12. The molecular weight excluding hydrogens is 338 g/mol. The lowest BCUT2D eigenvalue weighted by Crippen LogP contribution is -2.35. The topological polar surface area (TPSA) is 137 Å². The zero-order valence-corrected chi connectivity index (χ0v) is 13.7. The van der Waals surface area contributed by atoms with Gasteiger partial charge in [-0.15, -0.1) is 0 Å². The highest BCUT2D eigenvalue weighted by Crippen LogP contribution is 2.24. The Morgan fingerprint density at radius 1 is 1.46 bits per heavy atom. The zero-order valence-electron chi connectivity index (χ0n) is 12.9. The molecule has 1 aromatic heterocycles. The summed E-state index contributed by atoms with van der Waals surface area (Å²) in [5.74, 6) is -2.09. The van der Waals surface area contributed by atoms with Gasteiger partial charge in [-0.2, -0.15) is 0 Å². The Labute approximate surface area is 140 Å². The van der Waals surface area contributed by atoms with E-state index in [1.165, 1.54) is 16.8 Å². The summed E-state index contributed by atoms with van der Waals surface area (Å²) in [4.78, 5) is 34.9. The third-order valence-corrected chi connectivity index (χ3v) is 4.66. The number of aromatic nitrogens is 2. The van der Waals surface area contributed by atoms with Gasteiger partial charge in [0.2, 0.25) is 5.91 Å². The number of aryl methyl sites for hydroxylation is 1. The van der Waals surface area contributed by atoms with Crippen LogP contribution in [0.4, 0.5) is 5.69 Å². The summed E-state index contributed by atoms with van der Waals surface area (Å²) in [6, 6.07) is 3.74. The summed E-state index contributed by atoms with van der Waals surface area (Å²) in [6.45, 7) is 1.78. The van der Waals surface area contributed by atoms with E-state index in [0.717, 1.165) is 17.8 Å². The quantitative estimate of drug-likeness (QED) is 0.340. The van der Waals surface area contributed by atoms with Crippen molar-refractivity contribution in [2.24, 2.45) is 7.05 Å². The molecule has 0 aliphatic heterocycles. The highest BCUT2D eigenvalue weighted by atomic mass is 32.2. The van der Waals surface area contributed by atoms with Crippen LogP contribution in [0.15, 0.2) is 32.5 Å². The number of nitrogens with one attached hydrogen (secondary N) is 2. The molecule has 2 rings (SSSR count). The van der Waals surface area contributed by atoms with Crippen LogP contribution in [0.1, 0.15) is 23.7 Å².